The summed E-state index contributed by atoms with van der Waals surface area (Å²) in [5.74, 6) is -0.718. The van der Waals surface area contributed by atoms with Crippen molar-refractivity contribution in [2.24, 2.45) is 0 Å². The number of rotatable bonds is 3. The van der Waals surface area contributed by atoms with Crippen molar-refractivity contribution >= 4 is 17.0 Å². The van der Waals surface area contributed by atoms with Gasteiger partial charge in [0, 0.05) is 12.6 Å². The maximum atomic E-state index is 13.2. The molecule has 0 saturated carbocycles. The molecule has 0 amide bonds. The number of nitrogens with zero attached hydrogens (tertiary/aromatic N) is 2. The number of hydrogen-bond acceptors (Lipinski definition) is 2. The summed E-state index contributed by atoms with van der Waals surface area (Å²) in [4.78, 5) is 4.35. The number of hydrogen-bond donors (Lipinski definition) is 1. The van der Waals surface area contributed by atoms with Crippen LogP contribution in [0.25, 0.3) is 11.0 Å². The smallest absolute Gasteiger partial charge is 0.201 e. The molecule has 3 aromatic rings. The second-order valence-corrected chi connectivity index (χ2v) is 5.09. The van der Waals surface area contributed by atoms with Gasteiger partial charge < -0.3 is 10.3 Å². The fraction of sp³-hybridized carbons (Fsp3) is 0.188. The lowest BCUT2D eigenvalue weighted by atomic mass is 10.1. The first-order chi connectivity index (χ1) is 10.0. The molecule has 0 aliphatic rings. The van der Waals surface area contributed by atoms with Crippen LogP contribution in [0.4, 0.5) is 14.7 Å². The minimum Gasteiger partial charge on any atom is -0.369 e. The lowest BCUT2D eigenvalue weighted by Gasteiger charge is -2.07. The first kappa shape index (κ1) is 13.5. The Morgan fingerprint density at radius 1 is 1.14 bits per heavy atom. The van der Waals surface area contributed by atoms with E-state index in [4.69, 9.17) is 5.73 Å². The van der Waals surface area contributed by atoms with Crippen molar-refractivity contribution in [3.8, 4) is 0 Å². The topological polar surface area (TPSA) is 43.8 Å². The molecule has 5 heteroatoms. The predicted octanol–water partition coefficient (Wildman–Crippen LogP) is 3.45. The zero-order valence-electron chi connectivity index (χ0n) is 11.6. The molecule has 1 heterocycles. The summed E-state index contributed by atoms with van der Waals surface area (Å²) in [6.07, 6.45) is 0.484. The quantitative estimate of drug-likeness (QED) is 0.802. The Morgan fingerprint density at radius 2 is 1.86 bits per heavy atom. The van der Waals surface area contributed by atoms with Crippen LogP contribution in [-0.2, 0) is 13.0 Å². The fourth-order valence-corrected chi connectivity index (χ4v) is 2.54. The molecular weight excluding hydrogens is 272 g/mol. The van der Waals surface area contributed by atoms with E-state index < -0.39 is 11.6 Å². The van der Waals surface area contributed by atoms with E-state index in [0.717, 1.165) is 22.7 Å². The largest absolute Gasteiger partial charge is 0.369 e. The number of benzene rings is 2. The lowest BCUT2D eigenvalue weighted by molar-refractivity contribution is 0.577. The third-order valence-electron chi connectivity index (χ3n) is 3.56. The monoisotopic (exact) mass is 287 g/mol. The average Bonchev–Trinajstić information content (AvgIpc) is 2.73. The third-order valence-corrected chi connectivity index (χ3v) is 3.56. The zero-order chi connectivity index (χ0) is 15.0. The third kappa shape index (κ3) is 2.59. The Kier molecular flexibility index (Phi) is 3.33. The molecule has 0 saturated heterocycles. The Balaban J connectivity index is 1.92. The first-order valence-corrected chi connectivity index (χ1v) is 6.71. The summed E-state index contributed by atoms with van der Waals surface area (Å²) in [5.41, 5.74) is 9.40. The molecule has 0 radical (unpaired) electrons. The van der Waals surface area contributed by atoms with E-state index in [1.165, 1.54) is 12.1 Å². The molecule has 0 atom stereocenters. The molecule has 1 aromatic heterocycles. The van der Waals surface area contributed by atoms with E-state index in [2.05, 4.69) is 4.98 Å². The second-order valence-electron chi connectivity index (χ2n) is 5.09. The van der Waals surface area contributed by atoms with Crippen molar-refractivity contribution in [2.45, 2.75) is 19.9 Å². The molecule has 0 fully saturated rings. The van der Waals surface area contributed by atoms with E-state index in [-0.39, 0.29) is 0 Å². The van der Waals surface area contributed by atoms with Crippen LogP contribution in [-0.4, -0.2) is 9.55 Å². The lowest BCUT2D eigenvalue weighted by Crippen LogP contribution is -2.06. The molecule has 108 valence electrons. The molecule has 2 N–H and O–H groups in total. The number of aromatic nitrogens is 2. The van der Waals surface area contributed by atoms with Crippen molar-refractivity contribution in [1.29, 1.82) is 0 Å². The number of nitrogens with two attached hydrogens (primary N) is 1. The van der Waals surface area contributed by atoms with Gasteiger partial charge in [0.15, 0.2) is 0 Å². The molecule has 0 aliphatic carbocycles. The molecular formula is C16H15F2N3. The van der Waals surface area contributed by atoms with Crippen molar-refractivity contribution in [3.63, 3.8) is 0 Å². The van der Waals surface area contributed by atoms with Gasteiger partial charge in [-0.3, -0.25) is 0 Å². The van der Waals surface area contributed by atoms with Gasteiger partial charge in [-0.15, -0.1) is 0 Å². The summed E-state index contributed by atoms with van der Waals surface area (Å²) in [6, 6.07) is 9.40. The van der Waals surface area contributed by atoms with Crippen LogP contribution >= 0.6 is 0 Å². The Bertz CT molecular complexity index is 788. The molecule has 0 unspecified atom stereocenters. The number of halogens is 2. The normalized spacial score (nSPS) is 11.2. The number of imidazole rings is 1. The summed E-state index contributed by atoms with van der Waals surface area (Å²) < 4.78 is 28.3. The first-order valence-electron chi connectivity index (χ1n) is 6.71. The zero-order valence-corrected chi connectivity index (χ0v) is 11.6. The highest BCUT2D eigenvalue weighted by Crippen LogP contribution is 2.21. The van der Waals surface area contributed by atoms with E-state index in [1.54, 1.807) is 0 Å². The van der Waals surface area contributed by atoms with E-state index >= 15 is 0 Å². The average molecular weight is 287 g/mol. The van der Waals surface area contributed by atoms with Crippen LogP contribution in [0, 0.1) is 18.6 Å². The maximum Gasteiger partial charge on any atom is 0.201 e. The van der Waals surface area contributed by atoms with Crippen LogP contribution < -0.4 is 5.73 Å². The highest BCUT2D eigenvalue weighted by molar-refractivity contribution is 5.81. The summed E-state index contributed by atoms with van der Waals surface area (Å²) in [5, 5.41) is 0. The van der Waals surface area contributed by atoms with Gasteiger partial charge in [-0.1, -0.05) is 12.1 Å². The standard InChI is InChI=1S/C16H15F2N3/c1-10-3-2-4-14-15(10)20-16(19)21(14)6-5-11-7-12(17)9-13(18)8-11/h2-4,7-9H,5-6H2,1H3,(H2,19,20). The number of para-hydroxylation sites is 1. The number of aryl methyl sites for hydroxylation is 3. The van der Waals surface area contributed by atoms with Crippen LogP contribution in [0.2, 0.25) is 0 Å². The summed E-state index contributed by atoms with van der Waals surface area (Å²) in [6.45, 7) is 2.50. The Hall–Kier alpha value is -2.43. The van der Waals surface area contributed by atoms with Gasteiger partial charge in [-0.05, 0) is 42.7 Å². The molecule has 21 heavy (non-hydrogen) atoms. The van der Waals surface area contributed by atoms with Crippen LogP contribution in [0.1, 0.15) is 11.1 Å². The fourth-order valence-electron chi connectivity index (χ4n) is 2.54. The van der Waals surface area contributed by atoms with Crippen molar-refractivity contribution in [3.05, 3.63) is 59.2 Å². The Morgan fingerprint density at radius 3 is 2.57 bits per heavy atom. The molecule has 0 aliphatic heterocycles. The summed E-state index contributed by atoms with van der Waals surface area (Å²) >= 11 is 0. The van der Waals surface area contributed by atoms with E-state index in [0.29, 0.717) is 24.5 Å². The van der Waals surface area contributed by atoms with Crippen molar-refractivity contribution in [1.82, 2.24) is 9.55 Å². The second kappa shape index (κ2) is 5.16. The van der Waals surface area contributed by atoms with Gasteiger partial charge in [-0.25, -0.2) is 13.8 Å². The van der Waals surface area contributed by atoms with Gasteiger partial charge in [0.05, 0.1) is 11.0 Å². The Labute approximate surface area is 121 Å². The van der Waals surface area contributed by atoms with E-state index in [9.17, 15) is 8.78 Å². The van der Waals surface area contributed by atoms with Gasteiger partial charge in [0.2, 0.25) is 5.95 Å². The summed E-state index contributed by atoms with van der Waals surface area (Å²) in [7, 11) is 0. The van der Waals surface area contributed by atoms with Crippen LogP contribution in [0.15, 0.2) is 36.4 Å². The van der Waals surface area contributed by atoms with Gasteiger partial charge >= 0.3 is 0 Å². The van der Waals surface area contributed by atoms with Gasteiger partial charge in [0.25, 0.3) is 0 Å². The maximum absolute atomic E-state index is 13.2. The minimum absolute atomic E-state index is 0.413. The molecule has 3 rings (SSSR count). The highest BCUT2D eigenvalue weighted by Gasteiger charge is 2.10. The predicted molar refractivity (Wildman–Crippen MR) is 78.9 cm³/mol. The molecule has 3 nitrogen and oxygen atoms in total. The number of nitrogen functional groups attached to an aromatic ring is 1. The van der Waals surface area contributed by atoms with Crippen LogP contribution in [0.3, 0.4) is 0 Å². The number of fused-ring (bicyclic) bond motifs is 1. The van der Waals surface area contributed by atoms with Crippen LogP contribution in [0.5, 0.6) is 0 Å². The minimum atomic E-state index is -0.565. The van der Waals surface area contributed by atoms with Crippen molar-refractivity contribution < 1.29 is 8.78 Å². The van der Waals surface area contributed by atoms with Gasteiger partial charge in [-0.2, -0.15) is 0 Å². The van der Waals surface area contributed by atoms with Crippen molar-refractivity contribution in [2.75, 3.05) is 5.73 Å². The molecule has 0 spiro atoms. The highest BCUT2D eigenvalue weighted by atomic mass is 19.1. The SMILES string of the molecule is Cc1cccc2c1nc(N)n2CCc1cc(F)cc(F)c1. The number of anilines is 1. The van der Waals surface area contributed by atoms with E-state index in [1.807, 2.05) is 29.7 Å². The van der Waals surface area contributed by atoms with Gasteiger partial charge in [0.1, 0.15) is 11.6 Å². The molecule has 0 bridgehead atoms. The molecule has 2 aromatic carbocycles.